The summed E-state index contributed by atoms with van der Waals surface area (Å²) >= 11 is 0. The molecule has 0 aliphatic carbocycles. The van der Waals surface area contributed by atoms with Crippen molar-refractivity contribution in [3.8, 4) is 11.5 Å². The zero-order valence-electron chi connectivity index (χ0n) is 13.0. The summed E-state index contributed by atoms with van der Waals surface area (Å²) in [5.74, 6) is -0.885. The molecule has 0 radical (unpaired) electrons. The predicted octanol–water partition coefficient (Wildman–Crippen LogP) is 3.08. The minimum absolute atomic E-state index is 0.0854. The van der Waals surface area contributed by atoms with E-state index in [1.165, 1.54) is 31.4 Å². The summed E-state index contributed by atoms with van der Waals surface area (Å²) in [5, 5.41) is 0. The van der Waals surface area contributed by atoms with Gasteiger partial charge in [-0.05, 0) is 42.0 Å². The lowest BCUT2D eigenvalue weighted by molar-refractivity contribution is -0.142. The van der Waals surface area contributed by atoms with Gasteiger partial charge in [0.15, 0.2) is 17.3 Å². The Morgan fingerprint density at radius 3 is 2.54 bits per heavy atom. The summed E-state index contributed by atoms with van der Waals surface area (Å²) < 4.78 is 28.3. The molecule has 0 saturated carbocycles. The maximum absolute atomic E-state index is 13.0. The smallest absolute Gasteiger partial charge is 0.313 e. The van der Waals surface area contributed by atoms with Gasteiger partial charge >= 0.3 is 5.97 Å². The highest BCUT2D eigenvalue weighted by Gasteiger charge is 2.27. The summed E-state index contributed by atoms with van der Waals surface area (Å²) in [6.07, 6.45) is -0.0854. The van der Waals surface area contributed by atoms with E-state index >= 15 is 0 Å². The number of Topliss-reactive ketones (excluding diaryl/α,β-unsaturated/α-hetero) is 1. The molecule has 6 heteroatoms. The average Bonchev–Trinajstić information content (AvgIpc) is 3.07. The minimum atomic E-state index is -0.776. The van der Waals surface area contributed by atoms with E-state index in [1.54, 1.807) is 18.2 Å². The van der Waals surface area contributed by atoms with Gasteiger partial charge in [-0.25, -0.2) is 4.39 Å². The molecule has 0 N–H and O–H groups in total. The van der Waals surface area contributed by atoms with Crippen LogP contribution in [0.25, 0.3) is 0 Å². The molecule has 2 aromatic rings. The molecule has 0 fully saturated rings. The molecule has 0 saturated heterocycles. The third kappa shape index (κ3) is 3.22. The number of ether oxygens (including phenoxy) is 3. The topological polar surface area (TPSA) is 61.8 Å². The van der Waals surface area contributed by atoms with Crippen molar-refractivity contribution in [1.82, 2.24) is 0 Å². The van der Waals surface area contributed by atoms with E-state index in [4.69, 9.17) is 14.2 Å². The van der Waals surface area contributed by atoms with Crippen LogP contribution < -0.4 is 9.47 Å². The Morgan fingerprint density at radius 2 is 1.83 bits per heavy atom. The second-order valence-electron chi connectivity index (χ2n) is 5.32. The highest BCUT2D eigenvalue weighted by Crippen LogP contribution is 2.36. The number of ketones is 1. The number of halogens is 1. The van der Waals surface area contributed by atoms with Crippen LogP contribution in [0.5, 0.6) is 11.5 Å². The lowest BCUT2D eigenvalue weighted by Gasteiger charge is -2.15. The number of carbonyl (C=O) groups is 2. The van der Waals surface area contributed by atoms with Crippen LogP contribution in [0, 0.1) is 5.82 Å². The molecular weight excluding hydrogens is 315 g/mol. The summed E-state index contributed by atoms with van der Waals surface area (Å²) in [5.41, 5.74) is 0.938. The zero-order chi connectivity index (χ0) is 17.1. The van der Waals surface area contributed by atoms with Crippen LogP contribution in [0.2, 0.25) is 0 Å². The molecule has 24 heavy (non-hydrogen) atoms. The number of benzene rings is 2. The Balaban J connectivity index is 1.85. The van der Waals surface area contributed by atoms with Crippen LogP contribution in [0.15, 0.2) is 42.5 Å². The number of hydrogen-bond donors (Lipinski definition) is 0. The lowest BCUT2D eigenvalue weighted by atomic mass is 9.91. The van der Waals surface area contributed by atoms with Gasteiger partial charge in [-0.15, -0.1) is 0 Å². The molecule has 0 spiro atoms. The molecule has 1 heterocycles. The first-order valence-corrected chi connectivity index (χ1v) is 7.34. The summed E-state index contributed by atoms with van der Waals surface area (Å²) in [7, 11) is 1.27. The molecule has 2 aromatic carbocycles. The van der Waals surface area contributed by atoms with E-state index in [2.05, 4.69) is 0 Å². The van der Waals surface area contributed by atoms with Crippen molar-refractivity contribution in [2.24, 2.45) is 0 Å². The highest BCUT2D eigenvalue weighted by atomic mass is 19.1. The molecule has 1 aliphatic heterocycles. The monoisotopic (exact) mass is 330 g/mol. The second-order valence-corrected chi connectivity index (χ2v) is 5.32. The number of fused-ring (bicyclic) bond motifs is 1. The van der Waals surface area contributed by atoms with Crippen molar-refractivity contribution in [3.63, 3.8) is 0 Å². The summed E-state index contributed by atoms with van der Waals surface area (Å²) in [6, 6.07) is 10.3. The SMILES string of the molecule is COC(=O)[C@H](CC(=O)c1ccc(F)cc1)c1ccc2c(c1)OCO2. The van der Waals surface area contributed by atoms with Crippen molar-refractivity contribution in [2.75, 3.05) is 13.9 Å². The molecule has 124 valence electrons. The van der Waals surface area contributed by atoms with E-state index in [0.29, 0.717) is 22.6 Å². The quantitative estimate of drug-likeness (QED) is 0.623. The number of rotatable bonds is 5. The van der Waals surface area contributed by atoms with Gasteiger partial charge in [0.2, 0.25) is 6.79 Å². The Kier molecular flexibility index (Phi) is 4.46. The number of hydrogen-bond acceptors (Lipinski definition) is 5. The van der Waals surface area contributed by atoms with Crippen LogP contribution in [0.1, 0.15) is 28.3 Å². The first-order chi connectivity index (χ1) is 11.6. The Bertz CT molecular complexity index is 769. The molecular formula is C18H15FO5. The van der Waals surface area contributed by atoms with Crippen molar-refractivity contribution in [3.05, 3.63) is 59.4 Å². The minimum Gasteiger partial charge on any atom is -0.469 e. The van der Waals surface area contributed by atoms with Gasteiger partial charge in [0, 0.05) is 12.0 Å². The van der Waals surface area contributed by atoms with E-state index in [-0.39, 0.29) is 19.0 Å². The van der Waals surface area contributed by atoms with Gasteiger partial charge in [-0.3, -0.25) is 9.59 Å². The first kappa shape index (κ1) is 16.0. The Labute approximate surface area is 138 Å². The van der Waals surface area contributed by atoms with E-state index in [9.17, 15) is 14.0 Å². The Morgan fingerprint density at radius 1 is 1.12 bits per heavy atom. The van der Waals surface area contributed by atoms with Crippen LogP contribution in [0.4, 0.5) is 4.39 Å². The van der Waals surface area contributed by atoms with Crippen LogP contribution in [0.3, 0.4) is 0 Å². The van der Waals surface area contributed by atoms with Crippen LogP contribution in [-0.4, -0.2) is 25.7 Å². The summed E-state index contributed by atoms with van der Waals surface area (Å²) in [4.78, 5) is 24.5. The van der Waals surface area contributed by atoms with Crippen molar-refractivity contribution in [1.29, 1.82) is 0 Å². The number of carbonyl (C=O) groups excluding carboxylic acids is 2. The highest BCUT2D eigenvalue weighted by molar-refractivity contribution is 5.99. The number of methoxy groups -OCH3 is 1. The maximum Gasteiger partial charge on any atom is 0.313 e. The van der Waals surface area contributed by atoms with Gasteiger partial charge in [-0.1, -0.05) is 6.07 Å². The molecule has 1 atom stereocenters. The molecule has 1 aliphatic rings. The average molecular weight is 330 g/mol. The van der Waals surface area contributed by atoms with Crippen LogP contribution in [-0.2, 0) is 9.53 Å². The van der Waals surface area contributed by atoms with Gasteiger partial charge in [0.05, 0.1) is 13.0 Å². The summed E-state index contributed by atoms with van der Waals surface area (Å²) in [6.45, 7) is 0.121. The second kappa shape index (κ2) is 6.70. The van der Waals surface area contributed by atoms with Gasteiger partial charge in [0.1, 0.15) is 5.82 Å². The Hall–Kier alpha value is -2.89. The largest absolute Gasteiger partial charge is 0.469 e. The standard InChI is InChI=1S/C18H15FO5/c1-22-18(21)14(9-15(20)11-2-5-13(19)6-3-11)12-4-7-16-17(8-12)24-10-23-16/h2-8,14H,9-10H2,1H3/t14-/m1/s1. The van der Waals surface area contributed by atoms with Crippen molar-refractivity contribution in [2.45, 2.75) is 12.3 Å². The molecule has 5 nitrogen and oxygen atoms in total. The fraction of sp³-hybridized carbons (Fsp3) is 0.222. The van der Waals surface area contributed by atoms with E-state index < -0.39 is 17.7 Å². The molecule has 0 bridgehead atoms. The lowest BCUT2D eigenvalue weighted by Crippen LogP contribution is -2.18. The fourth-order valence-corrected chi connectivity index (χ4v) is 2.55. The molecule has 0 amide bonds. The van der Waals surface area contributed by atoms with Crippen molar-refractivity contribution < 1.29 is 28.2 Å². The van der Waals surface area contributed by atoms with Crippen molar-refractivity contribution >= 4 is 11.8 Å². The predicted molar refractivity (Wildman–Crippen MR) is 82.7 cm³/mol. The van der Waals surface area contributed by atoms with E-state index in [1.807, 2.05) is 0 Å². The maximum atomic E-state index is 13.0. The third-order valence-electron chi connectivity index (χ3n) is 3.84. The van der Waals surface area contributed by atoms with E-state index in [0.717, 1.165) is 0 Å². The third-order valence-corrected chi connectivity index (χ3v) is 3.84. The van der Waals surface area contributed by atoms with Gasteiger partial charge in [0.25, 0.3) is 0 Å². The molecule has 0 unspecified atom stereocenters. The van der Waals surface area contributed by atoms with Gasteiger partial charge in [-0.2, -0.15) is 0 Å². The van der Waals surface area contributed by atoms with Gasteiger partial charge < -0.3 is 14.2 Å². The first-order valence-electron chi connectivity index (χ1n) is 7.34. The fourth-order valence-electron chi connectivity index (χ4n) is 2.55. The molecule has 3 rings (SSSR count). The number of esters is 1. The molecule has 0 aromatic heterocycles. The van der Waals surface area contributed by atoms with Crippen LogP contribution >= 0.6 is 0 Å². The zero-order valence-corrected chi connectivity index (χ0v) is 13.0. The normalized spacial score (nSPS) is 13.4.